The van der Waals surface area contributed by atoms with E-state index in [1.165, 1.54) is 117 Å². The highest BCUT2D eigenvalue weighted by Gasteiger charge is 2.71. The molecule has 0 N–H and O–H groups in total. The van der Waals surface area contributed by atoms with Crippen LogP contribution in [0.2, 0.25) is 0 Å². The van der Waals surface area contributed by atoms with E-state index in [9.17, 15) is 0 Å². The van der Waals surface area contributed by atoms with Gasteiger partial charge >= 0.3 is 5.66 Å². The summed E-state index contributed by atoms with van der Waals surface area (Å²) >= 11 is 0. The molecule has 5 heteroatoms. The van der Waals surface area contributed by atoms with Crippen molar-refractivity contribution in [2.75, 3.05) is 4.90 Å². The van der Waals surface area contributed by atoms with E-state index in [2.05, 4.69) is 194 Å². The molecule has 5 aromatic carbocycles. The molecule has 274 valence electrons. The molecule has 1 spiro atoms. The number of rotatable bonds is 0. The van der Waals surface area contributed by atoms with Crippen molar-refractivity contribution in [1.82, 2.24) is 9.13 Å². The van der Waals surface area contributed by atoms with E-state index in [4.69, 9.17) is 0 Å². The first kappa shape index (κ1) is 31.0. The van der Waals surface area contributed by atoms with Crippen molar-refractivity contribution in [3.05, 3.63) is 149 Å². The second-order valence-electron chi connectivity index (χ2n) is 19.9. The van der Waals surface area contributed by atoms with Crippen LogP contribution in [0.25, 0.3) is 66.5 Å². The summed E-state index contributed by atoms with van der Waals surface area (Å²) in [6, 6.07) is 45.0. The van der Waals surface area contributed by atoms with Crippen molar-refractivity contribution in [2.24, 2.45) is 0 Å². The Balaban J connectivity index is 1.35. The minimum Gasteiger partial charge on any atom is -0.308 e. The van der Waals surface area contributed by atoms with E-state index in [1.54, 1.807) is 0 Å². The van der Waals surface area contributed by atoms with Crippen molar-refractivity contribution in [3.63, 3.8) is 0 Å². The van der Waals surface area contributed by atoms with Gasteiger partial charge in [-0.1, -0.05) is 110 Å². The molecule has 0 saturated carbocycles. The summed E-state index contributed by atoms with van der Waals surface area (Å²) in [5.41, 5.74) is 18.7. The van der Waals surface area contributed by atoms with E-state index in [0.29, 0.717) is 0 Å². The van der Waals surface area contributed by atoms with Crippen molar-refractivity contribution < 1.29 is 9.13 Å². The van der Waals surface area contributed by atoms with Gasteiger partial charge in [0.2, 0.25) is 0 Å². The number of fused-ring (bicyclic) bond motifs is 12. The number of benzene rings is 5. The Bertz CT molecular complexity index is 3470. The van der Waals surface area contributed by atoms with Gasteiger partial charge in [0, 0.05) is 50.2 Å². The zero-order valence-corrected chi connectivity index (χ0v) is 33.7. The predicted molar refractivity (Wildman–Crippen MR) is 230 cm³/mol. The molecule has 5 aliphatic heterocycles. The zero-order valence-electron chi connectivity index (χ0n) is 33.7. The van der Waals surface area contributed by atoms with Gasteiger partial charge in [-0.2, -0.15) is 18.6 Å². The molecule has 0 amide bonds. The molecule has 14 rings (SSSR count). The number of anilines is 3. The van der Waals surface area contributed by atoms with Crippen molar-refractivity contribution in [1.29, 1.82) is 0 Å². The van der Waals surface area contributed by atoms with Gasteiger partial charge in [-0.15, -0.1) is 0 Å². The fourth-order valence-corrected chi connectivity index (χ4v) is 12.0. The van der Waals surface area contributed by atoms with Gasteiger partial charge < -0.3 is 4.57 Å². The second kappa shape index (κ2) is 9.00. The molecule has 0 bridgehead atoms. The molecule has 0 aliphatic carbocycles. The summed E-state index contributed by atoms with van der Waals surface area (Å²) in [4.78, 5) is 2.66. The Morgan fingerprint density at radius 3 is 1.72 bits per heavy atom. The van der Waals surface area contributed by atoms with Crippen LogP contribution in [0.15, 0.2) is 115 Å². The van der Waals surface area contributed by atoms with Gasteiger partial charge in [0.1, 0.15) is 22.3 Å². The molecule has 0 radical (unpaired) electrons. The zero-order chi connectivity index (χ0) is 38.4. The largest absolute Gasteiger partial charge is 0.319 e. The molecule has 9 aromatic rings. The lowest BCUT2D eigenvalue weighted by atomic mass is 9.69. The average molecular weight is 738 g/mol. The van der Waals surface area contributed by atoms with Crippen LogP contribution in [-0.2, 0) is 21.9 Å². The third kappa shape index (κ3) is 3.09. The molecule has 5 nitrogen and oxygen atoms in total. The van der Waals surface area contributed by atoms with Gasteiger partial charge in [-0.05, 0) is 70.5 Å². The molecular weight excluding hydrogens is 695 g/mol. The Hall–Kier alpha value is -6.20. The number of pyridine rings is 2. The van der Waals surface area contributed by atoms with Crippen LogP contribution < -0.4 is 14.0 Å². The molecule has 57 heavy (non-hydrogen) atoms. The Kier molecular flexibility index (Phi) is 4.89. The van der Waals surface area contributed by atoms with Crippen LogP contribution in [0.4, 0.5) is 17.2 Å². The Morgan fingerprint density at radius 1 is 0.491 bits per heavy atom. The third-order valence-electron chi connectivity index (χ3n) is 14.6. The smallest absolute Gasteiger partial charge is 0.308 e. The molecule has 1 unspecified atom stereocenters. The SMILES string of the molecule is CC(C)(C)c1cc2[n+]3c(c1)N1c4ccccc4C(C)(C)c4ccc5c(c41)C31c3c4c(cc6c7ccccc7n(c36)-c3cc(C(C)(C)C)cc-2[n+]31)c1ccccc1n4-5. The highest BCUT2D eigenvalue weighted by atomic mass is 15.5. The summed E-state index contributed by atoms with van der Waals surface area (Å²) in [6.45, 7) is 19.1. The molecule has 4 aromatic heterocycles. The Morgan fingerprint density at radius 2 is 1.05 bits per heavy atom. The first-order valence-electron chi connectivity index (χ1n) is 20.6. The van der Waals surface area contributed by atoms with Crippen LogP contribution in [0.3, 0.4) is 0 Å². The van der Waals surface area contributed by atoms with Crippen LogP contribution in [-0.4, -0.2) is 9.13 Å². The van der Waals surface area contributed by atoms with Crippen molar-refractivity contribution >= 4 is 60.8 Å². The maximum absolute atomic E-state index is 2.79. The van der Waals surface area contributed by atoms with Crippen LogP contribution >= 0.6 is 0 Å². The monoisotopic (exact) mass is 737 g/mol. The summed E-state index contributed by atoms with van der Waals surface area (Å²) < 4.78 is 10.8. The number of hydrogen-bond acceptors (Lipinski definition) is 1. The predicted octanol–water partition coefficient (Wildman–Crippen LogP) is 11.4. The van der Waals surface area contributed by atoms with Crippen LogP contribution in [0.5, 0.6) is 0 Å². The fraction of sp³-hybridized carbons (Fsp3) is 0.231. The van der Waals surface area contributed by atoms with Crippen LogP contribution in [0.1, 0.15) is 88.8 Å². The summed E-state index contributed by atoms with van der Waals surface area (Å²) in [6.07, 6.45) is 0. The normalized spacial score (nSPS) is 18.4. The lowest BCUT2D eigenvalue weighted by Crippen LogP contribution is -2.76. The fourth-order valence-electron chi connectivity index (χ4n) is 12.0. The lowest BCUT2D eigenvalue weighted by molar-refractivity contribution is -0.931. The van der Waals surface area contributed by atoms with E-state index < -0.39 is 5.66 Å². The minimum absolute atomic E-state index is 0.0727. The second-order valence-corrected chi connectivity index (χ2v) is 19.9. The minimum atomic E-state index is -0.686. The van der Waals surface area contributed by atoms with Crippen molar-refractivity contribution in [2.45, 2.75) is 77.3 Å². The molecule has 1 atom stereocenters. The topological polar surface area (TPSA) is 20.9 Å². The Labute approximate surface area is 331 Å². The standard InChI is InChI=1S/C52H43N5/c1-49(2,3)28-23-40-41-24-29(50(4,5)6)26-43-55-38-20-14-11-17-34(38)51(7,8)35-21-22-39-44(48(35)55)52(57(41)43)45-46-32(30-15-9-12-18-36(30)53(39)46)27-33-31-16-10-13-19-37(31)54(47(33)45)42(25-28)56(40)52/h9-27H,1-8H3/q+2. The first-order chi connectivity index (χ1) is 27.3. The van der Waals surface area contributed by atoms with Gasteiger partial charge in [0.15, 0.2) is 22.6 Å². The van der Waals surface area contributed by atoms with Gasteiger partial charge in [0.05, 0.1) is 16.7 Å². The molecule has 9 heterocycles. The number of hydrogen-bond donors (Lipinski definition) is 0. The van der Waals surface area contributed by atoms with E-state index in [-0.39, 0.29) is 16.2 Å². The van der Waals surface area contributed by atoms with E-state index in [1.807, 2.05) is 0 Å². The lowest BCUT2D eigenvalue weighted by Gasteiger charge is -2.46. The van der Waals surface area contributed by atoms with Gasteiger partial charge in [-0.3, -0.25) is 0 Å². The van der Waals surface area contributed by atoms with Gasteiger partial charge in [-0.25, -0.2) is 0 Å². The van der Waals surface area contributed by atoms with E-state index >= 15 is 0 Å². The van der Waals surface area contributed by atoms with Crippen LogP contribution in [0, 0.1) is 0 Å². The highest BCUT2D eigenvalue weighted by Crippen LogP contribution is 2.64. The highest BCUT2D eigenvalue weighted by molar-refractivity contribution is 6.22. The average Bonchev–Trinajstić information content (AvgIpc) is 3.81. The molecule has 0 saturated heterocycles. The quantitative estimate of drug-likeness (QED) is 0.142. The summed E-state index contributed by atoms with van der Waals surface area (Å²) in [7, 11) is 0. The summed E-state index contributed by atoms with van der Waals surface area (Å²) in [5.74, 6) is 2.47. The number of nitrogens with zero attached hydrogens (tertiary/aromatic N) is 5. The summed E-state index contributed by atoms with van der Waals surface area (Å²) in [5, 5.41) is 5.25. The van der Waals surface area contributed by atoms with Gasteiger partial charge in [0.25, 0.3) is 11.6 Å². The molecule has 5 aliphatic rings. The van der Waals surface area contributed by atoms with Crippen molar-refractivity contribution in [3.8, 4) is 22.9 Å². The molecule has 0 fully saturated rings. The van der Waals surface area contributed by atoms with E-state index in [0.717, 1.165) is 0 Å². The number of para-hydroxylation sites is 3. The number of aromatic nitrogens is 4. The third-order valence-corrected chi connectivity index (χ3v) is 14.6. The molecular formula is C52H43N5+2. The maximum Gasteiger partial charge on any atom is 0.319 e. The maximum atomic E-state index is 2.79. The first-order valence-corrected chi connectivity index (χ1v) is 20.6.